The van der Waals surface area contributed by atoms with Gasteiger partial charge in [0, 0.05) is 16.4 Å². The SMILES string of the molecule is Cc1ccc(S(=O)(=O)Nc2ccc(Cl)c(C(=O)Nc3ccc(Cl)cc3C)c2)cc1. The average Bonchev–Trinajstić information content (AvgIpc) is 2.65. The summed E-state index contributed by atoms with van der Waals surface area (Å²) in [7, 11) is -3.80. The average molecular weight is 449 g/mol. The minimum atomic E-state index is -3.80. The van der Waals surface area contributed by atoms with Crippen LogP contribution in [0.25, 0.3) is 0 Å². The van der Waals surface area contributed by atoms with Crippen LogP contribution >= 0.6 is 23.2 Å². The fraction of sp³-hybridized carbons (Fsp3) is 0.0952. The Hall–Kier alpha value is -2.54. The van der Waals surface area contributed by atoms with E-state index in [-0.39, 0.29) is 21.2 Å². The fourth-order valence-electron chi connectivity index (χ4n) is 2.65. The molecule has 0 atom stereocenters. The van der Waals surface area contributed by atoms with E-state index in [1.54, 1.807) is 30.3 Å². The van der Waals surface area contributed by atoms with Crippen LogP contribution < -0.4 is 10.0 Å². The Morgan fingerprint density at radius 1 is 0.897 bits per heavy atom. The first-order chi connectivity index (χ1) is 13.7. The van der Waals surface area contributed by atoms with Gasteiger partial charge in [0.1, 0.15) is 0 Å². The first-order valence-corrected chi connectivity index (χ1v) is 10.9. The van der Waals surface area contributed by atoms with Gasteiger partial charge in [0.25, 0.3) is 15.9 Å². The molecule has 0 aliphatic rings. The van der Waals surface area contributed by atoms with E-state index >= 15 is 0 Å². The number of anilines is 2. The van der Waals surface area contributed by atoms with Gasteiger partial charge in [-0.2, -0.15) is 0 Å². The van der Waals surface area contributed by atoms with Gasteiger partial charge in [0.2, 0.25) is 0 Å². The van der Waals surface area contributed by atoms with Crippen LogP contribution in [0.1, 0.15) is 21.5 Å². The lowest BCUT2D eigenvalue weighted by atomic mass is 10.1. The topological polar surface area (TPSA) is 75.3 Å². The summed E-state index contributed by atoms with van der Waals surface area (Å²) >= 11 is 12.1. The second-order valence-corrected chi connectivity index (χ2v) is 9.05. The number of carbonyl (C=O) groups excluding carboxylic acids is 1. The van der Waals surface area contributed by atoms with Crippen LogP contribution in [0.15, 0.2) is 65.6 Å². The Kier molecular flexibility index (Phi) is 6.17. The van der Waals surface area contributed by atoms with Crippen molar-refractivity contribution in [3.05, 3.63) is 87.4 Å². The predicted octanol–water partition coefficient (Wildman–Crippen LogP) is 5.66. The molecule has 150 valence electrons. The molecule has 0 radical (unpaired) electrons. The first kappa shape index (κ1) is 21.2. The molecule has 0 heterocycles. The summed E-state index contributed by atoms with van der Waals surface area (Å²) in [5.74, 6) is -0.461. The molecule has 0 spiro atoms. The monoisotopic (exact) mass is 448 g/mol. The van der Waals surface area contributed by atoms with Crippen LogP contribution in [0.3, 0.4) is 0 Å². The maximum atomic E-state index is 12.7. The maximum absolute atomic E-state index is 12.7. The number of rotatable bonds is 5. The molecule has 0 unspecified atom stereocenters. The summed E-state index contributed by atoms with van der Waals surface area (Å²) < 4.78 is 27.7. The number of benzene rings is 3. The minimum Gasteiger partial charge on any atom is -0.322 e. The van der Waals surface area contributed by atoms with Crippen molar-refractivity contribution in [2.24, 2.45) is 0 Å². The Balaban J connectivity index is 1.85. The molecule has 29 heavy (non-hydrogen) atoms. The van der Waals surface area contributed by atoms with E-state index in [0.717, 1.165) is 11.1 Å². The first-order valence-electron chi connectivity index (χ1n) is 8.62. The third-order valence-electron chi connectivity index (χ3n) is 4.23. The molecule has 0 saturated carbocycles. The molecule has 5 nitrogen and oxygen atoms in total. The third-order valence-corrected chi connectivity index (χ3v) is 6.19. The van der Waals surface area contributed by atoms with Crippen LogP contribution in [0.4, 0.5) is 11.4 Å². The van der Waals surface area contributed by atoms with E-state index in [0.29, 0.717) is 10.7 Å². The predicted molar refractivity (Wildman–Crippen MR) is 118 cm³/mol. The van der Waals surface area contributed by atoms with E-state index in [2.05, 4.69) is 10.0 Å². The van der Waals surface area contributed by atoms with Gasteiger partial charge in [0.05, 0.1) is 15.5 Å². The Labute approximate surface area is 179 Å². The summed E-state index contributed by atoms with van der Waals surface area (Å²) in [6.45, 7) is 3.69. The second kappa shape index (κ2) is 8.45. The number of amides is 1. The largest absolute Gasteiger partial charge is 0.322 e. The highest BCUT2D eigenvalue weighted by Crippen LogP contribution is 2.25. The molecule has 2 N–H and O–H groups in total. The molecular formula is C21H18Cl2N2O3S. The summed E-state index contributed by atoms with van der Waals surface area (Å²) in [5.41, 5.74) is 2.70. The molecule has 3 aromatic carbocycles. The highest BCUT2D eigenvalue weighted by Gasteiger charge is 2.17. The summed E-state index contributed by atoms with van der Waals surface area (Å²) in [6, 6.07) is 15.9. The van der Waals surface area contributed by atoms with Gasteiger partial charge in [-0.05, 0) is 67.9 Å². The van der Waals surface area contributed by atoms with E-state index in [9.17, 15) is 13.2 Å². The van der Waals surface area contributed by atoms with E-state index in [1.807, 2.05) is 13.8 Å². The van der Waals surface area contributed by atoms with Crippen LogP contribution in [0.2, 0.25) is 10.0 Å². The molecule has 8 heteroatoms. The van der Waals surface area contributed by atoms with Crippen molar-refractivity contribution in [3.8, 4) is 0 Å². The minimum absolute atomic E-state index is 0.126. The van der Waals surface area contributed by atoms with Gasteiger partial charge >= 0.3 is 0 Å². The summed E-state index contributed by atoms with van der Waals surface area (Å²) in [5, 5.41) is 3.53. The molecule has 0 aliphatic heterocycles. The molecule has 3 aromatic rings. The zero-order valence-electron chi connectivity index (χ0n) is 15.7. The molecule has 3 rings (SSSR count). The molecule has 0 aromatic heterocycles. The van der Waals surface area contributed by atoms with E-state index in [4.69, 9.17) is 23.2 Å². The number of carbonyl (C=O) groups is 1. The summed E-state index contributed by atoms with van der Waals surface area (Å²) in [6.07, 6.45) is 0. The normalized spacial score (nSPS) is 11.2. The van der Waals surface area contributed by atoms with E-state index in [1.165, 1.54) is 30.3 Å². The molecule has 1 amide bonds. The molecule has 0 aliphatic carbocycles. The van der Waals surface area contributed by atoms with Crippen molar-refractivity contribution < 1.29 is 13.2 Å². The van der Waals surface area contributed by atoms with Crippen LogP contribution in [0.5, 0.6) is 0 Å². The lowest BCUT2D eigenvalue weighted by Crippen LogP contribution is -2.16. The van der Waals surface area contributed by atoms with Crippen molar-refractivity contribution in [1.82, 2.24) is 0 Å². The standard InChI is InChI=1S/C21H18Cl2N2O3S/c1-13-3-7-17(8-4-13)29(27,28)25-16-6-9-19(23)18(12-16)21(26)24-20-10-5-15(22)11-14(20)2/h3-12,25H,1-2H3,(H,24,26). The van der Waals surface area contributed by atoms with Crippen LogP contribution in [-0.2, 0) is 10.0 Å². The second-order valence-electron chi connectivity index (χ2n) is 6.53. The van der Waals surface area contributed by atoms with Crippen molar-refractivity contribution in [2.45, 2.75) is 18.7 Å². The number of hydrogen-bond acceptors (Lipinski definition) is 3. The fourth-order valence-corrected chi connectivity index (χ4v) is 4.13. The lowest BCUT2D eigenvalue weighted by Gasteiger charge is -2.12. The quantitative estimate of drug-likeness (QED) is 0.528. The van der Waals surface area contributed by atoms with Gasteiger partial charge < -0.3 is 5.32 Å². The zero-order chi connectivity index (χ0) is 21.2. The van der Waals surface area contributed by atoms with Crippen molar-refractivity contribution in [3.63, 3.8) is 0 Å². The highest BCUT2D eigenvalue weighted by atomic mass is 35.5. The van der Waals surface area contributed by atoms with Gasteiger partial charge in [0.15, 0.2) is 0 Å². The van der Waals surface area contributed by atoms with Crippen molar-refractivity contribution in [2.75, 3.05) is 10.0 Å². The lowest BCUT2D eigenvalue weighted by molar-refractivity contribution is 0.102. The van der Waals surface area contributed by atoms with Gasteiger partial charge in [-0.3, -0.25) is 9.52 Å². The molecule has 0 bridgehead atoms. The van der Waals surface area contributed by atoms with Crippen LogP contribution in [0, 0.1) is 13.8 Å². The van der Waals surface area contributed by atoms with Crippen molar-refractivity contribution >= 4 is 50.5 Å². The number of sulfonamides is 1. The van der Waals surface area contributed by atoms with Crippen LogP contribution in [-0.4, -0.2) is 14.3 Å². The third kappa shape index (κ3) is 5.09. The Morgan fingerprint density at radius 3 is 2.24 bits per heavy atom. The molecule has 0 saturated heterocycles. The van der Waals surface area contributed by atoms with Gasteiger partial charge in [-0.25, -0.2) is 8.42 Å². The van der Waals surface area contributed by atoms with E-state index < -0.39 is 15.9 Å². The number of halogens is 2. The number of aryl methyl sites for hydroxylation is 2. The maximum Gasteiger partial charge on any atom is 0.261 e. The zero-order valence-corrected chi connectivity index (χ0v) is 18.0. The highest BCUT2D eigenvalue weighted by molar-refractivity contribution is 7.92. The molecule has 0 fully saturated rings. The van der Waals surface area contributed by atoms with Gasteiger partial charge in [-0.1, -0.05) is 40.9 Å². The number of nitrogens with one attached hydrogen (secondary N) is 2. The Bertz CT molecular complexity index is 1180. The number of hydrogen-bond donors (Lipinski definition) is 2. The van der Waals surface area contributed by atoms with Crippen molar-refractivity contribution in [1.29, 1.82) is 0 Å². The molecular weight excluding hydrogens is 431 g/mol. The van der Waals surface area contributed by atoms with Gasteiger partial charge in [-0.15, -0.1) is 0 Å². The summed E-state index contributed by atoms with van der Waals surface area (Å²) in [4.78, 5) is 12.8. The smallest absolute Gasteiger partial charge is 0.261 e. The Morgan fingerprint density at radius 2 is 1.59 bits per heavy atom.